The summed E-state index contributed by atoms with van der Waals surface area (Å²) in [5, 5.41) is 5.52. The van der Waals surface area contributed by atoms with E-state index >= 15 is 0 Å². The molecule has 1 fully saturated rings. The topological polar surface area (TPSA) is 53.6 Å². The molecule has 5 heteroatoms. The number of nitrogens with one attached hydrogen (secondary N) is 2. The minimum Gasteiger partial charge on any atom is -0.371 e. The van der Waals surface area contributed by atoms with Crippen molar-refractivity contribution in [3.05, 3.63) is 29.8 Å². The van der Waals surface area contributed by atoms with Gasteiger partial charge in [-0.05, 0) is 30.5 Å². The highest BCUT2D eigenvalue weighted by molar-refractivity contribution is 5.89. The van der Waals surface area contributed by atoms with E-state index in [9.17, 15) is 4.79 Å². The highest BCUT2D eigenvalue weighted by Crippen LogP contribution is 2.24. The Morgan fingerprint density at radius 2 is 2.09 bits per heavy atom. The largest absolute Gasteiger partial charge is 0.371 e. The van der Waals surface area contributed by atoms with Crippen LogP contribution in [0.25, 0.3) is 0 Å². The molecule has 2 N–H and O–H groups in total. The first-order chi connectivity index (χ1) is 10.6. The lowest BCUT2D eigenvalue weighted by Gasteiger charge is -2.34. The highest BCUT2D eigenvalue weighted by atomic mass is 16.5. The summed E-state index contributed by atoms with van der Waals surface area (Å²) in [6.45, 7) is 10.8. The van der Waals surface area contributed by atoms with Crippen molar-refractivity contribution in [3.63, 3.8) is 0 Å². The van der Waals surface area contributed by atoms with Gasteiger partial charge in [0, 0.05) is 31.9 Å². The summed E-state index contributed by atoms with van der Waals surface area (Å²) in [5.41, 5.74) is 1.96. The molecule has 0 aliphatic carbocycles. The number of urea groups is 1. The van der Waals surface area contributed by atoms with Crippen LogP contribution in [0.4, 0.5) is 10.5 Å². The number of ether oxygens (including phenoxy) is 1. The standard InChI is InChI=1S/C17H27N3O2/c1-4-18-17(21)19-15-7-5-14(6-8-15)16-12-20(9-10-22-16)11-13(2)3/h5-8,13,16H,4,9-12H2,1-3H3,(H2,18,19,21). The number of benzene rings is 1. The SMILES string of the molecule is CCNC(=O)Nc1ccc(C2CN(CC(C)C)CCO2)cc1. The highest BCUT2D eigenvalue weighted by Gasteiger charge is 2.22. The number of hydrogen-bond donors (Lipinski definition) is 2. The second-order valence-electron chi connectivity index (χ2n) is 6.12. The van der Waals surface area contributed by atoms with E-state index in [1.165, 1.54) is 0 Å². The molecule has 0 aromatic heterocycles. The van der Waals surface area contributed by atoms with Gasteiger partial charge in [-0.3, -0.25) is 4.90 Å². The van der Waals surface area contributed by atoms with E-state index in [4.69, 9.17) is 4.74 Å². The fraction of sp³-hybridized carbons (Fsp3) is 0.588. The molecule has 1 aliphatic heterocycles. The van der Waals surface area contributed by atoms with Crippen LogP contribution in [-0.2, 0) is 4.74 Å². The van der Waals surface area contributed by atoms with Crippen LogP contribution in [-0.4, -0.2) is 43.7 Å². The summed E-state index contributed by atoms with van der Waals surface area (Å²) in [7, 11) is 0. The lowest BCUT2D eigenvalue weighted by molar-refractivity contribution is -0.0331. The number of nitrogens with zero attached hydrogens (tertiary/aromatic N) is 1. The molecule has 1 aromatic carbocycles. The van der Waals surface area contributed by atoms with E-state index in [0.717, 1.165) is 37.5 Å². The number of rotatable bonds is 5. The van der Waals surface area contributed by atoms with E-state index in [1.807, 2.05) is 31.2 Å². The van der Waals surface area contributed by atoms with Crippen molar-refractivity contribution in [1.29, 1.82) is 0 Å². The summed E-state index contributed by atoms with van der Waals surface area (Å²) >= 11 is 0. The van der Waals surface area contributed by atoms with Gasteiger partial charge in [0.2, 0.25) is 0 Å². The zero-order chi connectivity index (χ0) is 15.9. The first-order valence-electron chi connectivity index (χ1n) is 8.07. The number of hydrogen-bond acceptors (Lipinski definition) is 3. The van der Waals surface area contributed by atoms with Crippen LogP contribution in [0.15, 0.2) is 24.3 Å². The third-order valence-corrected chi connectivity index (χ3v) is 3.65. The van der Waals surface area contributed by atoms with Crippen LogP contribution in [0, 0.1) is 5.92 Å². The molecule has 22 heavy (non-hydrogen) atoms. The molecule has 2 amide bonds. The first kappa shape index (κ1) is 16.8. The molecule has 1 saturated heterocycles. The van der Waals surface area contributed by atoms with Crippen molar-refractivity contribution in [2.45, 2.75) is 26.9 Å². The maximum atomic E-state index is 11.5. The van der Waals surface area contributed by atoms with Gasteiger partial charge in [-0.2, -0.15) is 0 Å². The normalized spacial score (nSPS) is 19.2. The smallest absolute Gasteiger partial charge is 0.319 e. The fourth-order valence-corrected chi connectivity index (χ4v) is 2.70. The number of carbonyl (C=O) groups excluding carboxylic acids is 1. The van der Waals surface area contributed by atoms with E-state index in [0.29, 0.717) is 12.5 Å². The quantitative estimate of drug-likeness (QED) is 0.879. The summed E-state index contributed by atoms with van der Waals surface area (Å²) in [5.74, 6) is 0.669. The van der Waals surface area contributed by atoms with Crippen molar-refractivity contribution in [2.75, 3.05) is 38.1 Å². The Bertz CT molecular complexity index is 473. The summed E-state index contributed by atoms with van der Waals surface area (Å²) in [6.07, 6.45) is 0.117. The van der Waals surface area contributed by atoms with Gasteiger partial charge in [-0.1, -0.05) is 26.0 Å². The van der Waals surface area contributed by atoms with Gasteiger partial charge >= 0.3 is 6.03 Å². The summed E-state index contributed by atoms with van der Waals surface area (Å²) in [6, 6.07) is 7.74. The maximum absolute atomic E-state index is 11.5. The van der Waals surface area contributed by atoms with E-state index < -0.39 is 0 Å². The van der Waals surface area contributed by atoms with Gasteiger partial charge in [0.25, 0.3) is 0 Å². The molecule has 1 unspecified atom stereocenters. The Morgan fingerprint density at radius 1 is 1.36 bits per heavy atom. The molecule has 0 radical (unpaired) electrons. The van der Waals surface area contributed by atoms with Crippen LogP contribution < -0.4 is 10.6 Å². The lowest BCUT2D eigenvalue weighted by atomic mass is 10.1. The van der Waals surface area contributed by atoms with Gasteiger partial charge in [-0.15, -0.1) is 0 Å². The molecular weight excluding hydrogens is 278 g/mol. The molecular formula is C17H27N3O2. The van der Waals surface area contributed by atoms with Crippen LogP contribution >= 0.6 is 0 Å². The fourth-order valence-electron chi connectivity index (χ4n) is 2.70. The minimum absolute atomic E-state index is 0.117. The number of anilines is 1. The Morgan fingerprint density at radius 3 is 2.73 bits per heavy atom. The van der Waals surface area contributed by atoms with E-state index in [2.05, 4.69) is 29.4 Å². The van der Waals surface area contributed by atoms with Gasteiger partial charge in [0.05, 0.1) is 12.7 Å². The molecule has 122 valence electrons. The molecule has 1 aromatic rings. The Hall–Kier alpha value is -1.59. The van der Waals surface area contributed by atoms with Crippen molar-refractivity contribution in [2.24, 2.45) is 5.92 Å². The molecule has 2 rings (SSSR count). The van der Waals surface area contributed by atoms with Crippen molar-refractivity contribution in [3.8, 4) is 0 Å². The molecule has 1 aliphatic rings. The second-order valence-corrected chi connectivity index (χ2v) is 6.12. The molecule has 1 heterocycles. The number of amides is 2. The third kappa shape index (κ3) is 5.00. The van der Waals surface area contributed by atoms with Gasteiger partial charge in [0.15, 0.2) is 0 Å². The van der Waals surface area contributed by atoms with Crippen molar-refractivity contribution in [1.82, 2.24) is 10.2 Å². The molecule has 5 nitrogen and oxygen atoms in total. The lowest BCUT2D eigenvalue weighted by Crippen LogP contribution is -2.40. The Kier molecular flexibility index (Phi) is 6.21. The van der Waals surface area contributed by atoms with Crippen molar-refractivity contribution < 1.29 is 9.53 Å². The van der Waals surface area contributed by atoms with E-state index in [-0.39, 0.29) is 12.1 Å². The minimum atomic E-state index is -0.174. The monoisotopic (exact) mass is 305 g/mol. The zero-order valence-electron chi connectivity index (χ0n) is 13.8. The Labute approximate surface area is 133 Å². The predicted molar refractivity (Wildman–Crippen MR) is 89.1 cm³/mol. The molecule has 1 atom stereocenters. The maximum Gasteiger partial charge on any atom is 0.319 e. The first-order valence-corrected chi connectivity index (χ1v) is 8.07. The van der Waals surface area contributed by atoms with Gasteiger partial charge in [-0.25, -0.2) is 4.79 Å². The van der Waals surface area contributed by atoms with Crippen LogP contribution in [0.2, 0.25) is 0 Å². The third-order valence-electron chi connectivity index (χ3n) is 3.65. The second kappa shape index (κ2) is 8.15. The molecule has 0 saturated carbocycles. The van der Waals surface area contributed by atoms with Crippen LogP contribution in [0.1, 0.15) is 32.4 Å². The Balaban J connectivity index is 1.93. The van der Waals surface area contributed by atoms with Gasteiger partial charge < -0.3 is 15.4 Å². The zero-order valence-corrected chi connectivity index (χ0v) is 13.8. The van der Waals surface area contributed by atoms with Crippen LogP contribution in [0.5, 0.6) is 0 Å². The van der Waals surface area contributed by atoms with Crippen LogP contribution in [0.3, 0.4) is 0 Å². The van der Waals surface area contributed by atoms with Gasteiger partial charge in [0.1, 0.15) is 0 Å². The summed E-state index contributed by atoms with van der Waals surface area (Å²) in [4.78, 5) is 13.9. The predicted octanol–water partition coefficient (Wildman–Crippen LogP) is 2.86. The average molecular weight is 305 g/mol. The molecule has 0 spiro atoms. The number of carbonyl (C=O) groups is 1. The summed E-state index contributed by atoms with van der Waals surface area (Å²) < 4.78 is 5.89. The average Bonchev–Trinajstić information content (AvgIpc) is 2.48. The molecule has 0 bridgehead atoms. The number of morpholine rings is 1. The van der Waals surface area contributed by atoms with E-state index in [1.54, 1.807) is 0 Å². The van der Waals surface area contributed by atoms with Crippen molar-refractivity contribution >= 4 is 11.7 Å².